The minimum atomic E-state index is -1.34. The van der Waals surface area contributed by atoms with Crippen LogP contribution < -0.4 is 5.73 Å². The van der Waals surface area contributed by atoms with Crippen molar-refractivity contribution in [2.45, 2.75) is 23.5 Å². The summed E-state index contributed by atoms with van der Waals surface area (Å²) in [5.41, 5.74) is 5.46. The standard InChI is InChI=1S/C11H14FNO3S/c1-6(2-3-14)17-10-5-8(12)7(11(15)16)4-9(10)13/h4-6,14H,2-3,13H2,1H3,(H,15,16). The van der Waals surface area contributed by atoms with Crippen molar-refractivity contribution in [1.29, 1.82) is 0 Å². The van der Waals surface area contributed by atoms with Gasteiger partial charge in [-0.2, -0.15) is 0 Å². The smallest absolute Gasteiger partial charge is 0.338 e. The number of thioether (sulfide) groups is 1. The predicted molar refractivity (Wildman–Crippen MR) is 64.8 cm³/mol. The SMILES string of the molecule is CC(CCO)Sc1cc(F)c(C(=O)O)cc1N. The molecule has 94 valence electrons. The van der Waals surface area contributed by atoms with E-state index in [0.717, 1.165) is 12.1 Å². The molecule has 17 heavy (non-hydrogen) atoms. The largest absolute Gasteiger partial charge is 0.478 e. The number of nitrogen functional groups attached to an aromatic ring is 1. The lowest BCUT2D eigenvalue weighted by Crippen LogP contribution is -2.05. The van der Waals surface area contributed by atoms with Crippen molar-refractivity contribution < 1.29 is 19.4 Å². The number of benzene rings is 1. The van der Waals surface area contributed by atoms with Crippen LogP contribution in [0.3, 0.4) is 0 Å². The van der Waals surface area contributed by atoms with Gasteiger partial charge in [0.05, 0.1) is 5.56 Å². The van der Waals surface area contributed by atoms with Crippen LogP contribution in [-0.2, 0) is 0 Å². The summed E-state index contributed by atoms with van der Waals surface area (Å²) in [5.74, 6) is -2.14. The van der Waals surface area contributed by atoms with Gasteiger partial charge in [-0.3, -0.25) is 0 Å². The summed E-state index contributed by atoms with van der Waals surface area (Å²) in [4.78, 5) is 11.2. The van der Waals surface area contributed by atoms with Crippen LogP contribution in [-0.4, -0.2) is 28.0 Å². The van der Waals surface area contributed by atoms with Gasteiger partial charge >= 0.3 is 5.97 Å². The van der Waals surface area contributed by atoms with Gasteiger partial charge in [0.2, 0.25) is 0 Å². The molecular weight excluding hydrogens is 245 g/mol. The van der Waals surface area contributed by atoms with E-state index in [1.54, 1.807) is 0 Å². The van der Waals surface area contributed by atoms with Crippen molar-refractivity contribution in [2.24, 2.45) is 0 Å². The van der Waals surface area contributed by atoms with Crippen LogP contribution in [0.4, 0.5) is 10.1 Å². The number of carboxylic acid groups (broad SMARTS) is 1. The summed E-state index contributed by atoms with van der Waals surface area (Å²) in [6.45, 7) is 1.92. The molecule has 0 aromatic heterocycles. The molecule has 1 unspecified atom stereocenters. The Morgan fingerprint density at radius 2 is 2.24 bits per heavy atom. The number of aliphatic hydroxyl groups is 1. The van der Waals surface area contributed by atoms with Gasteiger partial charge in [-0.25, -0.2) is 9.18 Å². The topological polar surface area (TPSA) is 83.5 Å². The average molecular weight is 259 g/mol. The molecule has 0 aliphatic rings. The molecule has 0 saturated carbocycles. The second kappa shape index (κ2) is 5.88. The van der Waals surface area contributed by atoms with Gasteiger partial charge in [0.15, 0.2) is 0 Å². The van der Waals surface area contributed by atoms with E-state index in [4.69, 9.17) is 15.9 Å². The minimum absolute atomic E-state index is 0.0454. The normalized spacial score (nSPS) is 12.4. The number of hydrogen-bond donors (Lipinski definition) is 3. The van der Waals surface area contributed by atoms with E-state index in [1.165, 1.54) is 11.8 Å². The Morgan fingerprint density at radius 3 is 2.76 bits per heavy atom. The first-order valence-electron chi connectivity index (χ1n) is 5.05. The van der Waals surface area contributed by atoms with Crippen molar-refractivity contribution >= 4 is 23.4 Å². The first-order valence-corrected chi connectivity index (χ1v) is 5.93. The minimum Gasteiger partial charge on any atom is -0.478 e. The van der Waals surface area contributed by atoms with E-state index < -0.39 is 17.3 Å². The Morgan fingerprint density at radius 1 is 1.59 bits per heavy atom. The highest BCUT2D eigenvalue weighted by atomic mass is 32.2. The molecule has 0 saturated heterocycles. The van der Waals surface area contributed by atoms with E-state index in [9.17, 15) is 9.18 Å². The summed E-state index contributed by atoms with van der Waals surface area (Å²) in [7, 11) is 0. The maximum absolute atomic E-state index is 13.4. The van der Waals surface area contributed by atoms with Gasteiger partial charge in [-0.1, -0.05) is 6.92 Å². The highest BCUT2D eigenvalue weighted by Crippen LogP contribution is 2.32. The molecule has 0 radical (unpaired) electrons. The van der Waals surface area contributed by atoms with Crippen LogP contribution in [0.15, 0.2) is 17.0 Å². The molecular formula is C11H14FNO3S. The number of carbonyl (C=O) groups is 1. The molecule has 0 aliphatic carbocycles. The lowest BCUT2D eigenvalue weighted by molar-refractivity contribution is 0.0692. The quantitative estimate of drug-likeness (QED) is 0.556. The van der Waals surface area contributed by atoms with Crippen molar-refractivity contribution in [2.75, 3.05) is 12.3 Å². The van der Waals surface area contributed by atoms with Crippen molar-refractivity contribution in [3.05, 3.63) is 23.5 Å². The Balaban J connectivity index is 2.95. The van der Waals surface area contributed by atoms with Crippen LogP contribution in [0.1, 0.15) is 23.7 Å². The number of aliphatic hydroxyl groups excluding tert-OH is 1. The van der Waals surface area contributed by atoms with E-state index in [1.807, 2.05) is 6.92 Å². The van der Waals surface area contributed by atoms with Gasteiger partial charge < -0.3 is 15.9 Å². The molecule has 4 nitrogen and oxygen atoms in total. The molecule has 6 heteroatoms. The summed E-state index contributed by atoms with van der Waals surface area (Å²) >= 11 is 1.31. The van der Waals surface area contributed by atoms with Crippen LogP contribution in [0.2, 0.25) is 0 Å². The summed E-state index contributed by atoms with van der Waals surface area (Å²) in [6, 6.07) is 2.24. The Labute approximate surface area is 103 Å². The van der Waals surface area contributed by atoms with Crippen LogP contribution in [0, 0.1) is 5.82 Å². The Bertz CT molecular complexity index is 425. The molecule has 0 bridgehead atoms. The molecule has 0 amide bonds. The second-order valence-corrected chi connectivity index (χ2v) is 5.10. The number of rotatable bonds is 5. The van der Waals surface area contributed by atoms with Gasteiger partial charge in [0.1, 0.15) is 5.82 Å². The molecule has 1 rings (SSSR count). The number of nitrogens with two attached hydrogens (primary N) is 1. The summed E-state index contributed by atoms with van der Waals surface area (Å²) in [6.07, 6.45) is 0.562. The number of halogens is 1. The number of carboxylic acids is 1. The fourth-order valence-corrected chi connectivity index (χ4v) is 2.32. The Kier molecular flexibility index (Phi) is 4.77. The van der Waals surface area contributed by atoms with Crippen LogP contribution >= 0.6 is 11.8 Å². The highest BCUT2D eigenvalue weighted by Gasteiger charge is 2.15. The second-order valence-electron chi connectivity index (χ2n) is 3.62. The zero-order valence-electron chi connectivity index (χ0n) is 9.31. The molecule has 1 aromatic rings. The predicted octanol–water partition coefficient (Wildman–Crippen LogP) is 1.97. The van der Waals surface area contributed by atoms with Gasteiger partial charge in [0, 0.05) is 22.4 Å². The van der Waals surface area contributed by atoms with Gasteiger partial charge in [0.25, 0.3) is 0 Å². The maximum Gasteiger partial charge on any atom is 0.338 e. The molecule has 0 spiro atoms. The maximum atomic E-state index is 13.4. The lowest BCUT2D eigenvalue weighted by Gasteiger charge is -2.12. The highest BCUT2D eigenvalue weighted by molar-refractivity contribution is 8.00. The van der Waals surface area contributed by atoms with E-state index >= 15 is 0 Å². The zero-order valence-corrected chi connectivity index (χ0v) is 10.1. The first-order chi connectivity index (χ1) is 7.95. The monoisotopic (exact) mass is 259 g/mol. The fraction of sp³-hybridized carbons (Fsp3) is 0.364. The van der Waals surface area contributed by atoms with Crippen molar-refractivity contribution in [3.63, 3.8) is 0 Å². The van der Waals surface area contributed by atoms with E-state index in [2.05, 4.69) is 0 Å². The third-order valence-corrected chi connectivity index (χ3v) is 3.44. The molecule has 1 aromatic carbocycles. The van der Waals surface area contributed by atoms with E-state index in [0.29, 0.717) is 11.3 Å². The van der Waals surface area contributed by atoms with Crippen LogP contribution in [0.25, 0.3) is 0 Å². The molecule has 0 heterocycles. The number of anilines is 1. The van der Waals surface area contributed by atoms with E-state index in [-0.39, 0.29) is 17.5 Å². The summed E-state index contributed by atoms with van der Waals surface area (Å²) in [5, 5.41) is 17.6. The third-order valence-electron chi connectivity index (χ3n) is 2.19. The third kappa shape index (κ3) is 3.61. The Hall–Kier alpha value is -1.27. The molecule has 0 aliphatic heterocycles. The fourth-order valence-electron chi connectivity index (χ4n) is 1.30. The number of hydrogen-bond acceptors (Lipinski definition) is 4. The molecule has 0 fully saturated rings. The van der Waals surface area contributed by atoms with Gasteiger partial charge in [-0.05, 0) is 18.6 Å². The van der Waals surface area contributed by atoms with Crippen molar-refractivity contribution in [3.8, 4) is 0 Å². The first kappa shape index (κ1) is 13.8. The average Bonchev–Trinajstić information content (AvgIpc) is 2.22. The van der Waals surface area contributed by atoms with Crippen molar-refractivity contribution in [1.82, 2.24) is 0 Å². The molecule has 4 N–H and O–H groups in total. The van der Waals surface area contributed by atoms with Crippen LogP contribution in [0.5, 0.6) is 0 Å². The van der Waals surface area contributed by atoms with Gasteiger partial charge in [-0.15, -0.1) is 11.8 Å². The number of aromatic carboxylic acids is 1. The summed E-state index contributed by atoms with van der Waals surface area (Å²) < 4.78 is 13.4. The lowest BCUT2D eigenvalue weighted by atomic mass is 10.2. The zero-order chi connectivity index (χ0) is 13.0. The molecule has 1 atom stereocenters.